The number of benzene rings is 1. The second-order valence-corrected chi connectivity index (χ2v) is 4.45. The first-order valence-corrected chi connectivity index (χ1v) is 6.11. The third kappa shape index (κ3) is 2.53. The Bertz CT molecular complexity index is 388. The summed E-state index contributed by atoms with van der Waals surface area (Å²) in [5, 5.41) is 3.46. The van der Waals surface area contributed by atoms with E-state index in [0.29, 0.717) is 12.8 Å². The summed E-state index contributed by atoms with van der Waals surface area (Å²) in [5.74, 6) is 1.73. The van der Waals surface area contributed by atoms with Crippen molar-refractivity contribution in [2.24, 2.45) is 0 Å². The largest absolute Gasteiger partial charge is 0.454 e. The smallest absolute Gasteiger partial charge is 0.231 e. The van der Waals surface area contributed by atoms with Crippen LogP contribution in [0.5, 0.6) is 11.5 Å². The molecule has 4 nitrogen and oxygen atoms in total. The van der Waals surface area contributed by atoms with Gasteiger partial charge in [-0.3, -0.25) is 0 Å². The van der Waals surface area contributed by atoms with Crippen molar-refractivity contribution in [3.05, 3.63) is 23.8 Å². The lowest BCUT2D eigenvalue weighted by atomic mass is 10.0. The molecular formula is C13H17NO3. The number of aryl methyl sites for hydroxylation is 1. The van der Waals surface area contributed by atoms with Gasteiger partial charge in [0.25, 0.3) is 0 Å². The molecule has 0 bridgehead atoms. The minimum atomic E-state index is 0.344. The molecule has 1 atom stereocenters. The fraction of sp³-hybridized carbons (Fsp3) is 0.538. The standard InChI is InChI=1S/C13H17NO3/c1(3-11-8-15-6-5-14-11)10-2-4-12-13(7-10)17-9-16-12/h2,4,7,11,14H,1,3,5-6,8-9H2. The van der Waals surface area contributed by atoms with Crippen molar-refractivity contribution in [3.63, 3.8) is 0 Å². The zero-order valence-corrected chi connectivity index (χ0v) is 9.78. The molecule has 1 saturated heterocycles. The van der Waals surface area contributed by atoms with E-state index in [4.69, 9.17) is 14.2 Å². The normalized spacial score (nSPS) is 22.7. The second-order valence-electron chi connectivity index (χ2n) is 4.45. The fourth-order valence-electron chi connectivity index (χ4n) is 2.24. The Morgan fingerprint density at radius 1 is 1.24 bits per heavy atom. The highest BCUT2D eigenvalue weighted by Crippen LogP contribution is 2.32. The van der Waals surface area contributed by atoms with E-state index in [2.05, 4.69) is 17.4 Å². The first-order valence-electron chi connectivity index (χ1n) is 6.11. The molecule has 3 rings (SSSR count). The van der Waals surface area contributed by atoms with Crippen LogP contribution in [-0.2, 0) is 11.2 Å². The van der Waals surface area contributed by atoms with Crippen molar-refractivity contribution in [3.8, 4) is 11.5 Å². The number of ether oxygens (including phenoxy) is 3. The maximum absolute atomic E-state index is 5.44. The van der Waals surface area contributed by atoms with Crippen LogP contribution in [0.25, 0.3) is 0 Å². The molecule has 1 unspecified atom stereocenters. The van der Waals surface area contributed by atoms with Gasteiger partial charge in [0.1, 0.15) is 0 Å². The van der Waals surface area contributed by atoms with Crippen LogP contribution in [0.4, 0.5) is 0 Å². The average Bonchev–Trinajstić information content (AvgIpc) is 2.85. The molecule has 17 heavy (non-hydrogen) atoms. The lowest BCUT2D eigenvalue weighted by Crippen LogP contribution is -2.41. The second kappa shape index (κ2) is 4.94. The summed E-state index contributed by atoms with van der Waals surface area (Å²) >= 11 is 0. The number of morpholine rings is 1. The van der Waals surface area contributed by atoms with Gasteiger partial charge in [0.15, 0.2) is 11.5 Å². The summed E-state index contributed by atoms with van der Waals surface area (Å²) in [6.45, 7) is 2.97. The van der Waals surface area contributed by atoms with Gasteiger partial charge in [0, 0.05) is 12.6 Å². The Hall–Kier alpha value is -1.26. The summed E-state index contributed by atoms with van der Waals surface area (Å²) in [5.41, 5.74) is 1.29. The number of hydrogen-bond acceptors (Lipinski definition) is 4. The third-order valence-corrected chi connectivity index (χ3v) is 3.22. The van der Waals surface area contributed by atoms with Gasteiger partial charge in [0.05, 0.1) is 13.2 Å². The molecule has 2 aliphatic rings. The van der Waals surface area contributed by atoms with Crippen LogP contribution in [0.2, 0.25) is 0 Å². The number of fused-ring (bicyclic) bond motifs is 1. The van der Waals surface area contributed by atoms with Crippen molar-refractivity contribution in [2.75, 3.05) is 26.6 Å². The van der Waals surface area contributed by atoms with Gasteiger partial charge >= 0.3 is 0 Å². The SMILES string of the molecule is c1cc2c(cc1CCC1COCCN1)OCO2. The third-order valence-electron chi connectivity index (χ3n) is 3.22. The molecule has 0 saturated carbocycles. The fourth-order valence-corrected chi connectivity index (χ4v) is 2.24. The van der Waals surface area contributed by atoms with E-state index in [1.165, 1.54) is 5.56 Å². The van der Waals surface area contributed by atoms with Gasteiger partial charge in [-0.05, 0) is 30.5 Å². The molecule has 1 N–H and O–H groups in total. The molecule has 0 aromatic heterocycles. The van der Waals surface area contributed by atoms with Crippen molar-refractivity contribution in [1.29, 1.82) is 0 Å². The molecule has 0 spiro atoms. The molecule has 92 valence electrons. The minimum Gasteiger partial charge on any atom is -0.454 e. The maximum Gasteiger partial charge on any atom is 0.231 e. The van der Waals surface area contributed by atoms with E-state index >= 15 is 0 Å². The van der Waals surface area contributed by atoms with Gasteiger partial charge < -0.3 is 19.5 Å². The molecule has 0 radical (unpaired) electrons. The summed E-state index contributed by atoms with van der Waals surface area (Å²) in [7, 11) is 0. The highest BCUT2D eigenvalue weighted by molar-refractivity contribution is 5.44. The predicted octanol–water partition coefficient (Wildman–Crippen LogP) is 1.34. The monoisotopic (exact) mass is 235 g/mol. The van der Waals surface area contributed by atoms with Gasteiger partial charge in [-0.15, -0.1) is 0 Å². The molecule has 1 aromatic carbocycles. The van der Waals surface area contributed by atoms with Crippen LogP contribution in [0.3, 0.4) is 0 Å². The summed E-state index contributed by atoms with van der Waals surface area (Å²) in [6.07, 6.45) is 2.14. The molecule has 0 aliphatic carbocycles. The zero-order chi connectivity index (χ0) is 11.5. The summed E-state index contributed by atoms with van der Waals surface area (Å²) in [6, 6.07) is 6.65. The number of nitrogens with one attached hydrogen (secondary N) is 1. The molecule has 4 heteroatoms. The summed E-state index contributed by atoms with van der Waals surface area (Å²) in [4.78, 5) is 0. The van der Waals surface area contributed by atoms with E-state index in [9.17, 15) is 0 Å². The van der Waals surface area contributed by atoms with Gasteiger partial charge in [-0.25, -0.2) is 0 Å². The van der Waals surface area contributed by atoms with Crippen LogP contribution in [0.1, 0.15) is 12.0 Å². The van der Waals surface area contributed by atoms with E-state index in [0.717, 1.165) is 44.1 Å². The molecule has 1 fully saturated rings. The van der Waals surface area contributed by atoms with Crippen molar-refractivity contribution in [2.45, 2.75) is 18.9 Å². The quantitative estimate of drug-likeness (QED) is 0.858. The highest BCUT2D eigenvalue weighted by atomic mass is 16.7. The molecule has 1 aromatic rings. The van der Waals surface area contributed by atoms with E-state index in [1.807, 2.05) is 6.07 Å². The van der Waals surface area contributed by atoms with Crippen LogP contribution >= 0.6 is 0 Å². The van der Waals surface area contributed by atoms with Crippen molar-refractivity contribution in [1.82, 2.24) is 5.32 Å². The molecule has 0 amide bonds. The van der Waals surface area contributed by atoms with Crippen LogP contribution in [0, 0.1) is 0 Å². The molecule has 2 aliphatic heterocycles. The topological polar surface area (TPSA) is 39.7 Å². The van der Waals surface area contributed by atoms with E-state index in [-0.39, 0.29) is 0 Å². The average molecular weight is 235 g/mol. The number of hydrogen-bond donors (Lipinski definition) is 1. The van der Waals surface area contributed by atoms with Gasteiger partial charge in [0.2, 0.25) is 6.79 Å². The van der Waals surface area contributed by atoms with Crippen molar-refractivity contribution < 1.29 is 14.2 Å². The molecule has 2 heterocycles. The van der Waals surface area contributed by atoms with Crippen LogP contribution in [0.15, 0.2) is 18.2 Å². The minimum absolute atomic E-state index is 0.344. The van der Waals surface area contributed by atoms with Crippen LogP contribution < -0.4 is 14.8 Å². The van der Waals surface area contributed by atoms with E-state index < -0.39 is 0 Å². The summed E-state index contributed by atoms with van der Waals surface area (Å²) < 4.78 is 16.1. The Labute approximate surface area is 101 Å². The Balaban J connectivity index is 1.57. The van der Waals surface area contributed by atoms with E-state index in [1.54, 1.807) is 0 Å². The lowest BCUT2D eigenvalue weighted by Gasteiger charge is -2.23. The molecular weight excluding hydrogens is 218 g/mol. The van der Waals surface area contributed by atoms with Crippen LogP contribution in [-0.4, -0.2) is 32.6 Å². The zero-order valence-electron chi connectivity index (χ0n) is 9.78. The first kappa shape index (κ1) is 10.9. The van der Waals surface area contributed by atoms with Gasteiger partial charge in [-0.2, -0.15) is 0 Å². The Kier molecular flexibility index (Phi) is 3.16. The Morgan fingerprint density at radius 3 is 3.06 bits per heavy atom. The predicted molar refractivity (Wildman–Crippen MR) is 63.5 cm³/mol. The first-order chi connectivity index (χ1) is 8.42. The number of rotatable bonds is 3. The maximum atomic E-state index is 5.44. The lowest BCUT2D eigenvalue weighted by molar-refractivity contribution is 0.0743. The van der Waals surface area contributed by atoms with Crippen molar-refractivity contribution >= 4 is 0 Å². The Morgan fingerprint density at radius 2 is 2.18 bits per heavy atom. The van der Waals surface area contributed by atoms with Gasteiger partial charge in [-0.1, -0.05) is 6.07 Å². The highest BCUT2D eigenvalue weighted by Gasteiger charge is 2.15.